The van der Waals surface area contributed by atoms with Gasteiger partial charge in [-0.25, -0.2) is 0 Å². The second-order valence-electron chi connectivity index (χ2n) is 6.28. The summed E-state index contributed by atoms with van der Waals surface area (Å²) < 4.78 is 0. The molecule has 0 amide bonds. The first-order valence-electron chi connectivity index (χ1n) is 8.16. The van der Waals surface area contributed by atoms with E-state index in [0.29, 0.717) is 6.04 Å². The van der Waals surface area contributed by atoms with Gasteiger partial charge in [0.05, 0.1) is 0 Å². The number of rotatable bonds is 6. The van der Waals surface area contributed by atoms with Crippen LogP contribution in [0.1, 0.15) is 49.4 Å². The summed E-state index contributed by atoms with van der Waals surface area (Å²) >= 11 is 0. The molecule has 0 aromatic heterocycles. The molecule has 1 aliphatic heterocycles. The van der Waals surface area contributed by atoms with Crippen molar-refractivity contribution in [3.8, 4) is 0 Å². The molecule has 2 rings (SSSR count). The molecule has 1 N–H and O–H groups in total. The molecule has 0 radical (unpaired) electrons. The summed E-state index contributed by atoms with van der Waals surface area (Å²) in [7, 11) is 0. The Kier molecular flexibility index (Phi) is 5.62. The molecule has 0 aliphatic carbocycles. The third-order valence-electron chi connectivity index (χ3n) is 4.77. The standard InChI is InChI=1S/C18H30N2/c1-5-16-9-10-20(12-16)13-18(19-6-2)17-8-7-14(3)15(4)11-17/h7-8,11,16,18-19H,5-6,9-10,12-13H2,1-4H3. The Hall–Kier alpha value is -0.860. The van der Waals surface area contributed by atoms with Crippen LogP contribution in [-0.2, 0) is 0 Å². The van der Waals surface area contributed by atoms with Gasteiger partial charge in [-0.1, -0.05) is 38.5 Å². The van der Waals surface area contributed by atoms with Crippen molar-refractivity contribution < 1.29 is 0 Å². The average molecular weight is 274 g/mol. The van der Waals surface area contributed by atoms with Gasteiger partial charge in [-0.2, -0.15) is 0 Å². The summed E-state index contributed by atoms with van der Waals surface area (Å²) in [4.78, 5) is 2.64. The molecular weight excluding hydrogens is 244 g/mol. The molecule has 2 unspecified atom stereocenters. The highest BCUT2D eigenvalue weighted by Gasteiger charge is 2.23. The number of likely N-dealkylation sites (tertiary alicyclic amines) is 1. The SMILES string of the molecule is CCNC(CN1CCC(CC)C1)c1ccc(C)c(C)c1. The van der Waals surface area contributed by atoms with E-state index in [-0.39, 0.29) is 0 Å². The van der Waals surface area contributed by atoms with Crippen molar-refractivity contribution in [3.63, 3.8) is 0 Å². The van der Waals surface area contributed by atoms with E-state index >= 15 is 0 Å². The molecule has 112 valence electrons. The summed E-state index contributed by atoms with van der Waals surface area (Å²) in [5.74, 6) is 0.914. The van der Waals surface area contributed by atoms with Gasteiger partial charge in [0.25, 0.3) is 0 Å². The Balaban J connectivity index is 2.04. The van der Waals surface area contributed by atoms with Gasteiger partial charge in [0.1, 0.15) is 0 Å². The van der Waals surface area contributed by atoms with E-state index < -0.39 is 0 Å². The van der Waals surface area contributed by atoms with Crippen molar-refractivity contribution in [1.82, 2.24) is 10.2 Å². The summed E-state index contributed by atoms with van der Waals surface area (Å²) in [6.07, 6.45) is 2.70. The number of nitrogens with one attached hydrogen (secondary N) is 1. The molecule has 1 saturated heterocycles. The van der Waals surface area contributed by atoms with E-state index in [4.69, 9.17) is 0 Å². The van der Waals surface area contributed by atoms with Crippen molar-refractivity contribution in [3.05, 3.63) is 34.9 Å². The van der Waals surface area contributed by atoms with Crippen LogP contribution in [-0.4, -0.2) is 31.1 Å². The summed E-state index contributed by atoms with van der Waals surface area (Å²) in [6, 6.07) is 7.38. The molecule has 1 aromatic carbocycles. The minimum absolute atomic E-state index is 0.468. The largest absolute Gasteiger partial charge is 0.309 e. The lowest BCUT2D eigenvalue weighted by molar-refractivity contribution is 0.283. The molecule has 1 aromatic rings. The highest BCUT2D eigenvalue weighted by molar-refractivity contribution is 5.32. The van der Waals surface area contributed by atoms with Gasteiger partial charge in [-0.05, 0) is 56.0 Å². The van der Waals surface area contributed by atoms with Crippen LogP contribution in [0.15, 0.2) is 18.2 Å². The zero-order valence-electron chi connectivity index (χ0n) is 13.6. The molecule has 2 atom stereocenters. The van der Waals surface area contributed by atoms with Crippen molar-refractivity contribution in [2.75, 3.05) is 26.2 Å². The van der Waals surface area contributed by atoms with Gasteiger partial charge in [-0.15, -0.1) is 0 Å². The predicted molar refractivity (Wildman–Crippen MR) is 87.2 cm³/mol. The molecule has 20 heavy (non-hydrogen) atoms. The Bertz CT molecular complexity index is 427. The number of hydrogen-bond acceptors (Lipinski definition) is 2. The Morgan fingerprint density at radius 3 is 2.65 bits per heavy atom. The first kappa shape index (κ1) is 15.5. The maximum absolute atomic E-state index is 3.66. The lowest BCUT2D eigenvalue weighted by Crippen LogP contribution is -2.34. The van der Waals surface area contributed by atoms with Gasteiger partial charge >= 0.3 is 0 Å². The lowest BCUT2D eigenvalue weighted by Gasteiger charge is -2.25. The van der Waals surface area contributed by atoms with Crippen molar-refractivity contribution in [2.24, 2.45) is 5.92 Å². The monoisotopic (exact) mass is 274 g/mol. The number of likely N-dealkylation sites (N-methyl/N-ethyl adjacent to an activating group) is 1. The molecule has 0 spiro atoms. The molecule has 1 aliphatic rings. The van der Waals surface area contributed by atoms with Crippen LogP contribution >= 0.6 is 0 Å². The van der Waals surface area contributed by atoms with Crippen LogP contribution in [0, 0.1) is 19.8 Å². The minimum Gasteiger partial charge on any atom is -0.309 e. The minimum atomic E-state index is 0.468. The predicted octanol–water partition coefficient (Wildman–Crippen LogP) is 3.69. The Morgan fingerprint density at radius 1 is 1.25 bits per heavy atom. The van der Waals surface area contributed by atoms with Crippen LogP contribution < -0.4 is 5.32 Å². The van der Waals surface area contributed by atoms with Crippen molar-refractivity contribution >= 4 is 0 Å². The fraction of sp³-hybridized carbons (Fsp3) is 0.667. The normalized spacial score (nSPS) is 21.3. The van der Waals surface area contributed by atoms with E-state index in [9.17, 15) is 0 Å². The molecule has 2 heteroatoms. The fourth-order valence-electron chi connectivity index (χ4n) is 3.19. The molecule has 0 bridgehead atoms. The molecule has 2 nitrogen and oxygen atoms in total. The number of nitrogens with zero attached hydrogens (tertiary/aromatic N) is 1. The van der Waals surface area contributed by atoms with E-state index in [1.165, 1.54) is 42.6 Å². The maximum atomic E-state index is 3.66. The van der Waals surface area contributed by atoms with Crippen molar-refractivity contribution in [2.45, 2.75) is 46.6 Å². The molecular formula is C18H30N2. The topological polar surface area (TPSA) is 15.3 Å². The van der Waals surface area contributed by atoms with Crippen LogP contribution in [0.25, 0.3) is 0 Å². The third kappa shape index (κ3) is 3.83. The van der Waals surface area contributed by atoms with Crippen LogP contribution in [0.5, 0.6) is 0 Å². The summed E-state index contributed by atoms with van der Waals surface area (Å²) in [6.45, 7) is 13.6. The van der Waals surface area contributed by atoms with Gasteiger partial charge in [0, 0.05) is 19.1 Å². The zero-order chi connectivity index (χ0) is 14.5. The average Bonchev–Trinajstić information content (AvgIpc) is 2.89. The van der Waals surface area contributed by atoms with Crippen LogP contribution in [0.3, 0.4) is 0 Å². The van der Waals surface area contributed by atoms with E-state index in [1.54, 1.807) is 0 Å². The van der Waals surface area contributed by atoms with Gasteiger partial charge in [0.2, 0.25) is 0 Å². The smallest absolute Gasteiger partial charge is 0.0449 e. The number of benzene rings is 1. The highest BCUT2D eigenvalue weighted by Crippen LogP contribution is 2.23. The van der Waals surface area contributed by atoms with Crippen LogP contribution in [0.2, 0.25) is 0 Å². The lowest BCUT2D eigenvalue weighted by atomic mass is 10.0. The van der Waals surface area contributed by atoms with E-state index in [0.717, 1.165) is 19.0 Å². The molecule has 1 fully saturated rings. The van der Waals surface area contributed by atoms with Crippen LogP contribution in [0.4, 0.5) is 0 Å². The fourth-order valence-corrected chi connectivity index (χ4v) is 3.19. The maximum Gasteiger partial charge on any atom is 0.0449 e. The summed E-state index contributed by atoms with van der Waals surface area (Å²) in [5.41, 5.74) is 4.23. The van der Waals surface area contributed by atoms with E-state index in [1.807, 2.05) is 0 Å². The van der Waals surface area contributed by atoms with E-state index in [2.05, 4.69) is 56.1 Å². The van der Waals surface area contributed by atoms with Crippen molar-refractivity contribution in [1.29, 1.82) is 0 Å². The van der Waals surface area contributed by atoms with Gasteiger partial charge in [-0.3, -0.25) is 0 Å². The van der Waals surface area contributed by atoms with Gasteiger partial charge < -0.3 is 10.2 Å². The molecule has 1 heterocycles. The first-order valence-corrected chi connectivity index (χ1v) is 8.16. The Labute approximate surface area is 124 Å². The number of aryl methyl sites for hydroxylation is 2. The van der Waals surface area contributed by atoms with Gasteiger partial charge in [0.15, 0.2) is 0 Å². The highest BCUT2D eigenvalue weighted by atomic mass is 15.2. The second-order valence-corrected chi connectivity index (χ2v) is 6.28. The summed E-state index contributed by atoms with van der Waals surface area (Å²) in [5, 5.41) is 3.66. The molecule has 0 saturated carbocycles. The quantitative estimate of drug-likeness (QED) is 0.851. The first-order chi connectivity index (χ1) is 9.63. The third-order valence-corrected chi connectivity index (χ3v) is 4.77. The zero-order valence-corrected chi connectivity index (χ0v) is 13.6. The Morgan fingerprint density at radius 2 is 2.05 bits per heavy atom. The second kappa shape index (κ2) is 7.24. The number of hydrogen-bond donors (Lipinski definition) is 1.